The van der Waals surface area contributed by atoms with E-state index >= 15 is 0 Å². The lowest BCUT2D eigenvalue weighted by atomic mass is 9.94. The van der Waals surface area contributed by atoms with Crippen molar-refractivity contribution in [2.45, 2.75) is 25.7 Å². The van der Waals surface area contributed by atoms with E-state index in [2.05, 4.69) is 0 Å². The summed E-state index contributed by atoms with van der Waals surface area (Å²) in [5.41, 5.74) is -0.575. The third-order valence-corrected chi connectivity index (χ3v) is 5.78. The Morgan fingerprint density at radius 3 is 2.17 bits per heavy atom. The van der Waals surface area contributed by atoms with Crippen LogP contribution < -0.4 is 0 Å². The van der Waals surface area contributed by atoms with E-state index in [1.165, 1.54) is 22.5 Å². The van der Waals surface area contributed by atoms with Crippen molar-refractivity contribution in [3.63, 3.8) is 0 Å². The van der Waals surface area contributed by atoms with E-state index in [4.69, 9.17) is 5.11 Å². The number of sulfonamides is 1. The second kappa shape index (κ2) is 6.52. The molecule has 1 fully saturated rings. The maximum absolute atomic E-state index is 12.7. The molecule has 1 aromatic rings. The van der Waals surface area contributed by atoms with Crippen molar-refractivity contribution in [3.8, 4) is 0 Å². The fourth-order valence-electron chi connectivity index (χ4n) is 2.54. The van der Waals surface area contributed by atoms with E-state index in [9.17, 15) is 18.0 Å². The van der Waals surface area contributed by atoms with Crippen molar-refractivity contribution < 1.29 is 23.1 Å². The summed E-state index contributed by atoms with van der Waals surface area (Å²) in [6, 6.07) is 5.30. The van der Waals surface area contributed by atoms with Crippen molar-refractivity contribution >= 4 is 21.9 Å². The average molecular weight is 354 g/mol. The molecule has 1 aliphatic heterocycles. The molecule has 132 valence electrons. The van der Waals surface area contributed by atoms with Gasteiger partial charge in [0.15, 0.2) is 0 Å². The minimum atomic E-state index is -3.77. The van der Waals surface area contributed by atoms with Crippen LogP contribution in [0.15, 0.2) is 29.2 Å². The number of rotatable bonds is 3. The summed E-state index contributed by atoms with van der Waals surface area (Å²) in [7, 11) is -3.77. The van der Waals surface area contributed by atoms with E-state index in [1.807, 2.05) is 20.8 Å². The maximum atomic E-state index is 12.7. The van der Waals surface area contributed by atoms with Crippen molar-refractivity contribution in [2.75, 3.05) is 26.2 Å². The lowest BCUT2D eigenvalue weighted by Crippen LogP contribution is -2.52. The van der Waals surface area contributed by atoms with E-state index < -0.39 is 21.4 Å². The zero-order valence-electron chi connectivity index (χ0n) is 14.0. The third-order valence-electron chi connectivity index (χ3n) is 3.89. The molecule has 1 saturated heterocycles. The van der Waals surface area contributed by atoms with Crippen LogP contribution in [-0.2, 0) is 14.8 Å². The van der Waals surface area contributed by atoms with E-state index in [0.29, 0.717) is 13.1 Å². The third kappa shape index (κ3) is 3.76. The zero-order chi connectivity index (χ0) is 18.1. The molecule has 1 aromatic carbocycles. The highest BCUT2D eigenvalue weighted by molar-refractivity contribution is 7.89. The summed E-state index contributed by atoms with van der Waals surface area (Å²) in [4.78, 5) is 24.9. The highest BCUT2D eigenvalue weighted by Gasteiger charge is 2.33. The summed E-state index contributed by atoms with van der Waals surface area (Å²) < 4.78 is 26.6. The first-order chi connectivity index (χ1) is 11.0. The number of piperazine rings is 1. The number of hydrogen-bond acceptors (Lipinski definition) is 4. The molecule has 7 nitrogen and oxygen atoms in total. The van der Waals surface area contributed by atoms with Crippen LogP contribution in [-0.4, -0.2) is 60.8 Å². The maximum Gasteiger partial charge on any atom is 0.335 e. The molecule has 1 aliphatic rings. The molecule has 0 spiro atoms. The zero-order valence-corrected chi connectivity index (χ0v) is 14.8. The Kier molecular flexibility index (Phi) is 5.00. The number of nitrogens with zero attached hydrogens (tertiary/aromatic N) is 2. The smallest absolute Gasteiger partial charge is 0.335 e. The monoisotopic (exact) mass is 354 g/mol. The molecule has 1 amide bonds. The largest absolute Gasteiger partial charge is 0.478 e. The van der Waals surface area contributed by atoms with Gasteiger partial charge in [-0.05, 0) is 18.2 Å². The lowest BCUT2D eigenvalue weighted by Gasteiger charge is -2.37. The van der Waals surface area contributed by atoms with Crippen LogP contribution in [0.2, 0.25) is 0 Å². The minimum Gasteiger partial charge on any atom is -0.478 e. The average Bonchev–Trinajstić information content (AvgIpc) is 2.53. The van der Waals surface area contributed by atoms with Crippen molar-refractivity contribution in [3.05, 3.63) is 29.8 Å². The van der Waals surface area contributed by atoms with Crippen LogP contribution in [0.25, 0.3) is 0 Å². The molecule has 0 aromatic heterocycles. The first-order valence-corrected chi connectivity index (χ1v) is 9.10. The molecule has 8 heteroatoms. The fraction of sp³-hybridized carbons (Fsp3) is 0.500. The van der Waals surface area contributed by atoms with E-state index in [0.717, 1.165) is 6.07 Å². The Labute approximate surface area is 141 Å². The lowest BCUT2D eigenvalue weighted by molar-refractivity contribution is -0.140. The van der Waals surface area contributed by atoms with Gasteiger partial charge in [-0.2, -0.15) is 4.31 Å². The Hall–Kier alpha value is -1.93. The highest BCUT2D eigenvalue weighted by atomic mass is 32.2. The molecule has 0 atom stereocenters. The van der Waals surface area contributed by atoms with Gasteiger partial charge in [-0.1, -0.05) is 26.8 Å². The summed E-state index contributed by atoms with van der Waals surface area (Å²) in [6.07, 6.45) is 0. The van der Waals surface area contributed by atoms with Crippen LogP contribution in [0.5, 0.6) is 0 Å². The van der Waals surface area contributed by atoms with Crippen LogP contribution in [0.4, 0.5) is 0 Å². The molecule has 2 rings (SSSR count). The van der Waals surface area contributed by atoms with Crippen LogP contribution >= 0.6 is 0 Å². The van der Waals surface area contributed by atoms with Crippen LogP contribution in [0.3, 0.4) is 0 Å². The quantitative estimate of drug-likeness (QED) is 0.882. The van der Waals surface area contributed by atoms with Gasteiger partial charge in [-0.15, -0.1) is 0 Å². The molecule has 0 aliphatic carbocycles. The summed E-state index contributed by atoms with van der Waals surface area (Å²) in [5.74, 6) is -1.18. The summed E-state index contributed by atoms with van der Waals surface area (Å²) in [5, 5.41) is 9.00. The van der Waals surface area contributed by atoms with Crippen molar-refractivity contribution in [1.82, 2.24) is 9.21 Å². The Bertz CT molecular complexity index is 744. The molecule has 0 saturated carbocycles. The topological polar surface area (TPSA) is 95.0 Å². The van der Waals surface area contributed by atoms with Crippen LogP contribution in [0, 0.1) is 5.41 Å². The van der Waals surface area contributed by atoms with Gasteiger partial charge in [0.25, 0.3) is 0 Å². The molecule has 1 N–H and O–H groups in total. The van der Waals surface area contributed by atoms with Gasteiger partial charge in [0.05, 0.1) is 10.5 Å². The normalized spacial score (nSPS) is 16.9. The van der Waals surface area contributed by atoms with Gasteiger partial charge in [-0.3, -0.25) is 4.79 Å². The van der Waals surface area contributed by atoms with Gasteiger partial charge in [0, 0.05) is 31.6 Å². The Morgan fingerprint density at radius 2 is 1.67 bits per heavy atom. The molecular formula is C16H22N2O5S. The van der Waals surface area contributed by atoms with E-state index in [-0.39, 0.29) is 29.5 Å². The molecule has 0 bridgehead atoms. The van der Waals surface area contributed by atoms with Gasteiger partial charge in [0.1, 0.15) is 0 Å². The molecule has 0 radical (unpaired) electrons. The second-order valence-electron chi connectivity index (χ2n) is 6.78. The van der Waals surface area contributed by atoms with Crippen molar-refractivity contribution in [2.24, 2.45) is 5.41 Å². The van der Waals surface area contributed by atoms with Crippen molar-refractivity contribution in [1.29, 1.82) is 0 Å². The predicted octanol–water partition coefficient (Wildman–Crippen LogP) is 1.26. The Balaban J connectivity index is 2.15. The van der Waals surface area contributed by atoms with Crippen LogP contribution in [0.1, 0.15) is 31.1 Å². The highest BCUT2D eigenvalue weighted by Crippen LogP contribution is 2.22. The van der Waals surface area contributed by atoms with Gasteiger partial charge < -0.3 is 10.0 Å². The molecular weight excluding hydrogens is 332 g/mol. The Morgan fingerprint density at radius 1 is 1.08 bits per heavy atom. The number of amides is 1. The van der Waals surface area contributed by atoms with Gasteiger partial charge in [-0.25, -0.2) is 13.2 Å². The number of carboxylic acids is 1. The number of carbonyl (C=O) groups is 2. The number of hydrogen-bond donors (Lipinski definition) is 1. The molecule has 1 heterocycles. The summed E-state index contributed by atoms with van der Waals surface area (Å²) in [6.45, 7) is 6.53. The first kappa shape index (κ1) is 18.4. The number of benzene rings is 1. The molecule has 0 unspecified atom stereocenters. The van der Waals surface area contributed by atoms with E-state index in [1.54, 1.807) is 4.90 Å². The SMILES string of the molecule is CC(C)(C)C(=O)N1CCN(S(=O)(=O)c2cccc(C(=O)O)c2)CC1. The number of aromatic carboxylic acids is 1. The second-order valence-corrected chi connectivity index (χ2v) is 8.72. The first-order valence-electron chi connectivity index (χ1n) is 7.66. The standard InChI is InChI=1S/C16H22N2O5S/c1-16(2,3)15(21)17-7-9-18(10-8-17)24(22,23)13-6-4-5-12(11-13)14(19)20/h4-6,11H,7-10H2,1-3H3,(H,19,20). The van der Waals surface area contributed by atoms with Gasteiger partial charge >= 0.3 is 5.97 Å². The predicted molar refractivity (Wildman–Crippen MR) is 88.2 cm³/mol. The molecule has 24 heavy (non-hydrogen) atoms. The fourth-order valence-corrected chi connectivity index (χ4v) is 4.01. The number of carboxylic acid groups (broad SMARTS) is 1. The van der Waals surface area contributed by atoms with Gasteiger partial charge in [0.2, 0.25) is 15.9 Å². The summed E-state index contributed by atoms with van der Waals surface area (Å²) >= 11 is 0. The number of carbonyl (C=O) groups excluding carboxylic acids is 1. The minimum absolute atomic E-state index is 0.00702.